The standard InChI is InChI=1S/C8H11N3/c1-2-7-5-11-6-9-3-8(11)4-10-7/h3-4,6-7H,2,5H2,1H3/t7-/m1/s1. The Morgan fingerprint density at radius 1 is 1.73 bits per heavy atom. The molecule has 3 heteroatoms. The fraction of sp³-hybridized carbons (Fsp3) is 0.500. The molecular formula is C8H11N3. The molecule has 0 N–H and O–H groups in total. The summed E-state index contributed by atoms with van der Waals surface area (Å²) in [5.74, 6) is 0. The second kappa shape index (κ2) is 2.49. The Hall–Kier alpha value is -1.12. The monoisotopic (exact) mass is 149 g/mol. The van der Waals surface area contributed by atoms with Crippen LogP contribution in [0.25, 0.3) is 0 Å². The summed E-state index contributed by atoms with van der Waals surface area (Å²) in [6.45, 7) is 3.15. The molecule has 3 nitrogen and oxygen atoms in total. The summed E-state index contributed by atoms with van der Waals surface area (Å²) in [6.07, 6.45) is 6.72. The first-order valence-electron chi connectivity index (χ1n) is 3.93. The van der Waals surface area contributed by atoms with Crippen molar-refractivity contribution in [1.29, 1.82) is 0 Å². The molecule has 11 heavy (non-hydrogen) atoms. The van der Waals surface area contributed by atoms with E-state index in [-0.39, 0.29) is 0 Å². The number of hydrogen-bond acceptors (Lipinski definition) is 2. The maximum Gasteiger partial charge on any atom is 0.0951 e. The first-order valence-corrected chi connectivity index (χ1v) is 3.93. The highest BCUT2D eigenvalue weighted by Gasteiger charge is 2.11. The third-order valence-electron chi connectivity index (χ3n) is 2.04. The van der Waals surface area contributed by atoms with Crippen LogP contribution in [-0.4, -0.2) is 21.8 Å². The normalized spacial score (nSPS) is 21.7. The molecule has 0 saturated heterocycles. The van der Waals surface area contributed by atoms with E-state index in [1.54, 1.807) is 0 Å². The zero-order valence-electron chi connectivity index (χ0n) is 6.57. The molecule has 0 fully saturated rings. The van der Waals surface area contributed by atoms with Crippen molar-refractivity contribution in [2.45, 2.75) is 25.9 Å². The summed E-state index contributed by atoms with van der Waals surface area (Å²) in [6, 6.07) is 0.455. The van der Waals surface area contributed by atoms with Crippen molar-refractivity contribution in [2.75, 3.05) is 0 Å². The summed E-state index contributed by atoms with van der Waals surface area (Å²) in [4.78, 5) is 8.42. The predicted octanol–water partition coefficient (Wildman–Crippen LogP) is 1.09. The van der Waals surface area contributed by atoms with Crippen LogP contribution in [0.5, 0.6) is 0 Å². The molecule has 0 unspecified atom stereocenters. The number of aromatic nitrogens is 2. The van der Waals surface area contributed by atoms with E-state index in [0.717, 1.165) is 18.7 Å². The number of imidazole rings is 1. The van der Waals surface area contributed by atoms with Gasteiger partial charge in [0.05, 0.1) is 24.3 Å². The van der Waals surface area contributed by atoms with Crippen LogP contribution in [-0.2, 0) is 6.54 Å². The molecule has 0 saturated carbocycles. The average molecular weight is 149 g/mol. The van der Waals surface area contributed by atoms with E-state index < -0.39 is 0 Å². The highest BCUT2D eigenvalue weighted by molar-refractivity contribution is 5.77. The van der Waals surface area contributed by atoms with Gasteiger partial charge in [-0.15, -0.1) is 0 Å². The van der Waals surface area contributed by atoms with Crippen LogP contribution in [0.4, 0.5) is 0 Å². The van der Waals surface area contributed by atoms with Gasteiger partial charge in [-0.3, -0.25) is 4.99 Å². The van der Waals surface area contributed by atoms with Gasteiger partial charge in [-0.25, -0.2) is 4.98 Å². The van der Waals surface area contributed by atoms with Crippen LogP contribution in [0.15, 0.2) is 17.5 Å². The van der Waals surface area contributed by atoms with Crippen LogP contribution in [0.3, 0.4) is 0 Å². The minimum atomic E-state index is 0.455. The molecular weight excluding hydrogens is 138 g/mol. The summed E-state index contributed by atoms with van der Waals surface area (Å²) >= 11 is 0. The summed E-state index contributed by atoms with van der Waals surface area (Å²) in [7, 11) is 0. The fourth-order valence-electron chi connectivity index (χ4n) is 1.28. The molecule has 1 aromatic heterocycles. The third kappa shape index (κ3) is 1.06. The van der Waals surface area contributed by atoms with Crippen molar-refractivity contribution in [3.63, 3.8) is 0 Å². The molecule has 1 atom stereocenters. The van der Waals surface area contributed by atoms with E-state index in [1.807, 2.05) is 18.7 Å². The van der Waals surface area contributed by atoms with Crippen molar-refractivity contribution < 1.29 is 0 Å². The van der Waals surface area contributed by atoms with Gasteiger partial charge in [0.1, 0.15) is 0 Å². The van der Waals surface area contributed by atoms with Gasteiger partial charge >= 0.3 is 0 Å². The maximum atomic E-state index is 4.38. The topological polar surface area (TPSA) is 30.2 Å². The van der Waals surface area contributed by atoms with Crippen LogP contribution in [0.2, 0.25) is 0 Å². The van der Waals surface area contributed by atoms with Crippen molar-refractivity contribution in [1.82, 2.24) is 9.55 Å². The Bertz CT molecular complexity index is 275. The Kier molecular flexibility index (Phi) is 1.49. The van der Waals surface area contributed by atoms with Crippen LogP contribution in [0, 0.1) is 0 Å². The second-order valence-corrected chi connectivity index (χ2v) is 2.81. The van der Waals surface area contributed by atoms with Gasteiger partial charge in [-0.05, 0) is 6.42 Å². The van der Waals surface area contributed by atoms with Crippen LogP contribution >= 0.6 is 0 Å². The lowest BCUT2D eigenvalue weighted by molar-refractivity contribution is 0.529. The zero-order chi connectivity index (χ0) is 7.68. The number of fused-ring (bicyclic) bond motifs is 1. The van der Waals surface area contributed by atoms with Crippen LogP contribution < -0.4 is 0 Å². The molecule has 2 heterocycles. The smallest absolute Gasteiger partial charge is 0.0951 e. The Balaban J connectivity index is 2.29. The first-order chi connectivity index (χ1) is 5.40. The highest BCUT2D eigenvalue weighted by atomic mass is 15.1. The highest BCUT2D eigenvalue weighted by Crippen LogP contribution is 2.09. The molecule has 0 aliphatic carbocycles. The summed E-state index contributed by atoms with van der Waals surface area (Å²) in [5.41, 5.74) is 1.12. The molecule has 1 aromatic rings. The van der Waals surface area contributed by atoms with Crippen molar-refractivity contribution in [2.24, 2.45) is 4.99 Å². The quantitative estimate of drug-likeness (QED) is 0.588. The lowest BCUT2D eigenvalue weighted by Gasteiger charge is -2.16. The average Bonchev–Trinajstić information content (AvgIpc) is 2.50. The molecule has 0 aromatic carbocycles. The second-order valence-electron chi connectivity index (χ2n) is 2.81. The van der Waals surface area contributed by atoms with Gasteiger partial charge in [0.15, 0.2) is 0 Å². The Morgan fingerprint density at radius 3 is 3.45 bits per heavy atom. The molecule has 1 aliphatic heterocycles. The molecule has 58 valence electrons. The minimum Gasteiger partial charge on any atom is -0.328 e. The number of nitrogens with zero attached hydrogens (tertiary/aromatic N) is 3. The lowest BCUT2D eigenvalue weighted by atomic mass is 10.2. The molecule has 0 spiro atoms. The molecule has 0 bridgehead atoms. The van der Waals surface area contributed by atoms with Crippen molar-refractivity contribution in [3.8, 4) is 0 Å². The predicted molar refractivity (Wildman–Crippen MR) is 43.9 cm³/mol. The van der Waals surface area contributed by atoms with Gasteiger partial charge in [0, 0.05) is 12.8 Å². The van der Waals surface area contributed by atoms with E-state index >= 15 is 0 Å². The molecule has 2 rings (SSSR count). The summed E-state index contributed by atoms with van der Waals surface area (Å²) in [5, 5.41) is 0. The fourth-order valence-corrected chi connectivity index (χ4v) is 1.28. The van der Waals surface area contributed by atoms with Crippen LogP contribution in [0.1, 0.15) is 19.0 Å². The third-order valence-corrected chi connectivity index (χ3v) is 2.04. The molecule has 0 radical (unpaired) electrons. The van der Waals surface area contributed by atoms with Gasteiger partial charge < -0.3 is 4.57 Å². The van der Waals surface area contributed by atoms with E-state index in [4.69, 9.17) is 0 Å². The largest absolute Gasteiger partial charge is 0.328 e. The van der Waals surface area contributed by atoms with E-state index in [0.29, 0.717) is 6.04 Å². The lowest BCUT2D eigenvalue weighted by Crippen LogP contribution is -2.19. The van der Waals surface area contributed by atoms with Gasteiger partial charge in [-0.1, -0.05) is 6.92 Å². The van der Waals surface area contributed by atoms with E-state index in [1.165, 1.54) is 0 Å². The van der Waals surface area contributed by atoms with Gasteiger partial charge in [-0.2, -0.15) is 0 Å². The van der Waals surface area contributed by atoms with E-state index in [2.05, 4.69) is 21.5 Å². The maximum absolute atomic E-state index is 4.38. The Labute approximate surface area is 65.8 Å². The number of hydrogen-bond donors (Lipinski definition) is 0. The molecule has 0 amide bonds. The number of rotatable bonds is 1. The number of aliphatic imine (C=N–C) groups is 1. The van der Waals surface area contributed by atoms with Crippen molar-refractivity contribution >= 4 is 6.21 Å². The van der Waals surface area contributed by atoms with Crippen molar-refractivity contribution in [3.05, 3.63) is 18.2 Å². The van der Waals surface area contributed by atoms with E-state index in [9.17, 15) is 0 Å². The minimum absolute atomic E-state index is 0.455. The Morgan fingerprint density at radius 2 is 2.64 bits per heavy atom. The SMILES string of the molecule is CC[C@@H]1Cn2cncc2C=N1. The van der Waals surface area contributed by atoms with Gasteiger partial charge in [0.25, 0.3) is 0 Å². The van der Waals surface area contributed by atoms with Gasteiger partial charge in [0.2, 0.25) is 0 Å². The zero-order valence-corrected chi connectivity index (χ0v) is 6.57. The molecule has 1 aliphatic rings. The first kappa shape index (κ1) is 6.58. The summed E-state index contributed by atoms with van der Waals surface area (Å²) < 4.78 is 2.14.